The molecule has 2 aromatic heterocycles. The van der Waals surface area contributed by atoms with E-state index in [1.807, 2.05) is 0 Å². The van der Waals surface area contributed by atoms with Gasteiger partial charge in [-0.3, -0.25) is 0 Å². The molecule has 1 saturated carbocycles. The van der Waals surface area contributed by atoms with E-state index in [0.29, 0.717) is 38.6 Å². The second kappa shape index (κ2) is 8.11. The van der Waals surface area contributed by atoms with E-state index in [9.17, 15) is 21.6 Å². The Morgan fingerprint density at radius 3 is 2.57 bits per heavy atom. The van der Waals surface area contributed by atoms with Crippen LogP contribution in [0.1, 0.15) is 74.7 Å². The van der Waals surface area contributed by atoms with E-state index >= 15 is 0 Å². The Bertz CT molecular complexity index is 1010. The van der Waals surface area contributed by atoms with Gasteiger partial charge in [0.1, 0.15) is 0 Å². The summed E-state index contributed by atoms with van der Waals surface area (Å²) in [5.41, 5.74) is -0.504. The largest absolute Gasteiger partial charge is 0.417 e. The normalized spacial score (nSPS) is 22.6. The summed E-state index contributed by atoms with van der Waals surface area (Å²) in [4.78, 5) is 4.16. The summed E-state index contributed by atoms with van der Waals surface area (Å²) in [6.07, 6.45) is 1.05. The molecule has 2 fully saturated rings. The lowest BCUT2D eigenvalue weighted by atomic mass is 9.93. The van der Waals surface area contributed by atoms with E-state index in [2.05, 4.69) is 10.1 Å². The highest BCUT2D eigenvalue weighted by Crippen LogP contribution is 2.41. The summed E-state index contributed by atoms with van der Waals surface area (Å²) in [6, 6.07) is 1.04. The molecule has 0 aromatic carbocycles. The van der Waals surface area contributed by atoms with Crippen molar-refractivity contribution >= 4 is 21.1 Å². The van der Waals surface area contributed by atoms with Crippen LogP contribution in [0.5, 0.6) is 0 Å². The van der Waals surface area contributed by atoms with E-state index in [4.69, 9.17) is 4.52 Å². The number of aryl methyl sites for hydroxylation is 1. The number of halogens is 3. The van der Waals surface area contributed by atoms with Gasteiger partial charge in [0.15, 0.2) is 0 Å². The Labute approximate surface area is 173 Å². The average Bonchev–Trinajstić information content (AvgIpc) is 3.17. The monoisotopic (exact) mass is 445 g/mol. The summed E-state index contributed by atoms with van der Waals surface area (Å²) in [6.45, 7) is 2.25. The molecular formula is C20H26F3N3O3S. The van der Waals surface area contributed by atoms with Crippen LogP contribution < -0.4 is 0 Å². The van der Waals surface area contributed by atoms with Crippen molar-refractivity contribution in [2.24, 2.45) is 0 Å². The second-order valence-corrected chi connectivity index (χ2v) is 10.5. The van der Waals surface area contributed by atoms with Crippen LogP contribution in [0.2, 0.25) is 0 Å². The lowest BCUT2D eigenvalue weighted by molar-refractivity contribution is -0.136. The number of pyridine rings is 1. The van der Waals surface area contributed by atoms with Crippen LogP contribution in [0.4, 0.5) is 13.2 Å². The predicted molar refractivity (Wildman–Crippen MR) is 106 cm³/mol. The van der Waals surface area contributed by atoms with Gasteiger partial charge < -0.3 is 4.52 Å². The highest BCUT2D eigenvalue weighted by Gasteiger charge is 2.40. The van der Waals surface area contributed by atoms with Crippen LogP contribution in [0, 0.1) is 0 Å². The number of rotatable bonds is 4. The van der Waals surface area contributed by atoms with E-state index in [1.165, 1.54) is 4.31 Å². The van der Waals surface area contributed by atoms with Gasteiger partial charge in [0, 0.05) is 24.7 Å². The van der Waals surface area contributed by atoms with E-state index < -0.39 is 32.9 Å². The van der Waals surface area contributed by atoms with Crippen LogP contribution in [-0.4, -0.2) is 41.2 Å². The Hall–Kier alpha value is -1.68. The van der Waals surface area contributed by atoms with Crippen LogP contribution in [0.3, 0.4) is 0 Å². The molecule has 6 nitrogen and oxygen atoms in total. The van der Waals surface area contributed by atoms with Gasteiger partial charge in [-0.05, 0) is 38.2 Å². The first kappa shape index (κ1) is 21.5. The molecule has 4 rings (SSSR count). The maximum atomic E-state index is 13.8. The Morgan fingerprint density at radius 2 is 1.90 bits per heavy atom. The highest BCUT2D eigenvalue weighted by molar-refractivity contribution is 7.89. The zero-order valence-corrected chi connectivity index (χ0v) is 17.7. The number of alkyl halides is 3. The number of sulfonamides is 1. The lowest BCUT2D eigenvalue weighted by Crippen LogP contribution is -2.44. The van der Waals surface area contributed by atoms with Gasteiger partial charge in [0.25, 0.3) is 5.71 Å². The lowest BCUT2D eigenvalue weighted by Gasteiger charge is -2.35. The summed E-state index contributed by atoms with van der Waals surface area (Å²) < 4.78 is 74.2. The van der Waals surface area contributed by atoms with Gasteiger partial charge in [-0.25, -0.2) is 17.7 Å². The summed E-state index contributed by atoms with van der Waals surface area (Å²) in [5, 5.41) is 3.41. The number of hydrogen-bond acceptors (Lipinski definition) is 5. The molecule has 1 saturated heterocycles. The van der Waals surface area contributed by atoms with Crippen molar-refractivity contribution in [3.05, 3.63) is 23.0 Å². The predicted octanol–water partition coefficient (Wildman–Crippen LogP) is 4.65. The average molecular weight is 446 g/mol. The molecule has 166 valence electrons. The maximum Gasteiger partial charge on any atom is 0.417 e. The fraction of sp³-hybridized carbons (Fsp3) is 0.700. The molecule has 0 radical (unpaired) electrons. The minimum absolute atomic E-state index is 0.132. The Kier molecular flexibility index (Phi) is 5.82. The number of nitrogens with zero attached hydrogens (tertiary/aromatic N) is 3. The Morgan fingerprint density at radius 1 is 1.17 bits per heavy atom. The molecule has 0 spiro atoms. The molecule has 10 heteroatoms. The number of fused-ring (bicyclic) bond motifs is 1. The first-order chi connectivity index (χ1) is 14.2. The molecule has 3 heterocycles. The van der Waals surface area contributed by atoms with Crippen molar-refractivity contribution in [1.82, 2.24) is 14.4 Å². The van der Waals surface area contributed by atoms with Crippen molar-refractivity contribution in [3.8, 4) is 0 Å². The van der Waals surface area contributed by atoms with Gasteiger partial charge in [-0.2, -0.15) is 13.2 Å². The third-order valence-corrected chi connectivity index (χ3v) is 8.66. The Balaban J connectivity index is 1.69. The number of piperidine rings is 1. The van der Waals surface area contributed by atoms with Crippen molar-refractivity contribution < 1.29 is 26.1 Å². The van der Waals surface area contributed by atoms with Crippen molar-refractivity contribution in [2.45, 2.75) is 75.6 Å². The molecule has 0 N–H and O–H groups in total. The van der Waals surface area contributed by atoms with Gasteiger partial charge in [-0.15, -0.1) is 0 Å². The second-order valence-electron chi connectivity index (χ2n) is 8.26. The fourth-order valence-electron chi connectivity index (χ4n) is 4.68. The molecule has 0 amide bonds. The minimum Gasteiger partial charge on any atom is -0.336 e. The highest BCUT2D eigenvalue weighted by atomic mass is 32.2. The molecule has 1 aliphatic carbocycles. The summed E-state index contributed by atoms with van der Waals surface area (Å²) in [7, 11) is -3.47. The molecule has 1 aliphatic heterocycles. The first-order valence-electron chi connectivity index (χ1n) is 10.6. The van der Waals surface area contributed by atoms with Gasteiger partial charge in [0.2, 0.25) is 10.0 Å². The van der Waals surface area contributed by atoms with Gasteiger partial charge >= 0.3 is 6.18 Å². The van der Waals surface area contributed by atoms with Crippen LogP contribution in [0.25, 0.3) is 11.1 Å². The van der Waals surface area contributed by atoms with Crippen LogP contribution >= 0.6 is 0 Å². The standard InChI is InChI=1S/C20H26F3N3O3S/c1-2-14-11-16(20(21,22)23)17-18(25-29-19(17)24-14)13-7-6-10-26(12-13)30(27,28)15-8-4-3-5-9-15/h11,13,15H,2-10,12H2,1H3/t13-/m0/s1. The molecular weight excluding hydrogens is 419 g/mol. The molecule has 2 aliphatic rings. The van der Waals surface area contributed by atoms with Crippen LogP contribution in [-0.2, 0) is 22.6 Å². The first-order valence-corrected chi connectivity index (χ1v) is 12.1. The fourth-order valence-corrected chi connectivity index (χ4v) is 6.80. The zero-order chi connectivity index (χ0) is 21.5. The number of aromatic nitrogens is 2. The topological polar surface area (TPSA) is 76.3 Å². The maximum absolute atomic E-state index is 13.8. The molecule has 0 bridgehead atoms. The smallest absolute Gasteiger partial charge is 0.336 e. The molecule has 0 unspecified atom stereocenters. The van der Waals surface area contributed by atoms with Gasteiger partial charge in [-0.1, -0.05) is 31.3 Å². The SMILES string of the molecule is CCc1cc(C(F)(F)F)c2c([C@H]3CCCN(S(=O)(=O)C4CCCCC4)C3)noc2n1. The van der Waals surface area contributed by atoms with E-state index in [1.54, 1.807) is 6.92 Å². The molecule has 30 heavy (non-hydrogen) atoms. The number of hydrogen-bond donors (Lipinski definition) is 0. The van der Waals surface area contributed by atoms with Crippen LogP contribution in [0.15, 0.2) is 10.6 Å². The third kappa shape index (κ3) is 3.95. The van der Waals surface area contributed by atoms with Crippen molar-refractivity contribution in [3.63, 3.8) is 0 Å². The summed E-state index contributed by atoms with van der Waals surface area (Å²) in [5.74, 6) is -0.450. The van der Waals surface area contributed by atoms with E-state index in [0.717, 1.165) is 25.3 Å². The molecule has 1 atom stereocenters. The van der Waals surface area contributed by atoms with Crippen molar-refractivity contribution in [2.75, 3.05) is 13.1 Å². The summed E-state index contributed by atoms with van der Waals surface area (Å²) >= 11 is 0. The van der Waals surface area contributed by atoms with E-state index in [-0.39, 0.29) is 29.0 Å². The minimum atomic E-state index is -4.58. The van der Waals surface area contributed by atoms with Gasteiger partial charge in [0.05, 0.1) is 21.9 Å². The quantitative estimate of drug-likeness (QED) is 0.685. The molecule has 2 aromatic rings. The third-order valence-electron chi connectivity index (χ3n) is 6.30. The zero-order valence-electron chi connectivity index (χ0n) is 16.9. The van der Waals surface area contributed by atoms with Crippen molar-refractivity contribution in [1.29, 1.82) is 0 Å².